The molecule has 0 bridgehead atoms. The number of rotatable bonds is 2. The molecule has 1 saturated heterocycles. The Morgan fingerprint density at radius 3 is 2.88 bits per heavy atom. The summed E-state index contributed by atoms with van der Waals surface area (Å²) in [7, 11) is 0. The molecule has 5 nitrogen and oxygen atoms in total. The fourth-order valence-corrected chi connectivity index (χ4v) is 2.95. The van der Waals surface area contributed by atoms with Gasteiger partial charge < -0.3 is 4.74 Å². The van der Waals surface area contributed by atoms with Crippen LogP contribution in [0, 0.1) is 0 Å². The van der Waals surface area contributed by atoms with Gasteiger partial charge in [-0.3, -0.25) is 9.69 Å². The predicted molar refractivity (Wildman–Crippen MR) is 63.9 cm³/mol. The van der Waals surface area contributed by atoms with E-state index < -0.39 is 6.10 Å². The van der Waals surface area contributed by atoms with Crippen molar-refractivity contribution in [2.75, 3.05) is 5.75 Å². The third-order valence-corrected chi connectivity index (χ3v) is 3.57. The van der Waals surface area contributed by atoms with Crippen molar-refractivity contribution in [1.82, 2.24) is 4.90 Å². The van der Waals surface area contributed by atoms with Crippen LogP contribution in [-0.4, -0.2) is 39.7 Å². The number of ether oxygens (including phenoxy) is 1. The average molecular weight is 254 g/mol. The van der Waals surface area contributed by atoms with Gasteiger partial charge in [0.05, 0.1) is 5.60 Å². The van der Waals surface area contributed by atoms with Gasteiger partial charge in [0, 0.05) is 5.75 Å². The van der Waals surface area contributed by atoms with Crippen LogP contribution in [0.25, 0.3) is 0 Å². The van der Waals surface area contributed by atoms with Gasteiger partial charge in [-0.2, -0.15) is 0 Å². The normalized spacial score (nSPS) is 27.8. The Labute approximate surface area is 104 Å². The Hall–Kier alpha value is -1.10. The second-order valence-corrected chi connectivity index (χ2v) is 6.00. The topological polar surface area (TPSA) is 59.0 Å². The Bertz CT molecular complexity index is 421. The summed E-state index contributed by atoms with van der Waals surface area (Å²) in [5, 5.41) is -0.0705. The first kappa shape index (κ1) is 12.4. The van der Waals surface area contributed by atoms with Gasteiger partial charge in [0.15, 0.2) is 6.10 Å². The fourth-order valence-electron chi connectivity index (χ4n) is 1.80. The third kappa shape index (κ3) is 2.29. The van der Waals surface area contributed by atoms with Crippen LogP contribution in [0.3, 0.4) is 0 Å². The average Bonchev–Trinajstić information content (AvgIpc) is 2.25. The van der Waals surface area contributed by atoms with Crippen molar-refractivity contribution in [3.63, 3.8) is 0 Å². The molecule has 0 N–H and O–H groups in total. The maximum Gasteiger partial charge on any atom is 0.261 e. The van der Waals surface area contributed by atoms with Gasteiger partial charge in [-0.1, -0.05) is 0 Å². The molecule has 2 rings (SSSR count). The van der Waals surface area contributed by atoms with E-state index in [1.165, 1.54) is 11.0 Å². The van der Waals surface area contributed by atoms with Crippen molar-refractivity contribution in [1.29, 1.82) is 0 Å². The molecule has 0 aliphatic carbocycles. The number of hydrogen-bond donors (Lipinski definition) is 0. The molecule has 0 aromatic rings. The highest BCUT2D eigenvalue weighted by Gasteiger charge is 2.53. The van der Waals surface area contributed by atoms with E-state index in [2.05, 4.69) is 4.99 Å². The van der Waals surface area contributed by atoms with Gasteiger partial charge in [0.2, 0.25) is 6.08 Å². The van der Waals surface area contributed by atoms with Gasteiger partial charge in [0.1, 0.15) is 11.2 Å². The molecule has 0 saturated carbocycles. The zero-order chi connectivity index (χ0) is 12.6. The van der Waals surface area contributed by atoms with Gasteiger partial charge in [0.25, 0.3) is 5.91 Å². The lowest BCUT2D eigenvalue weighted by molar-refractivity contribution is -0.175. The van der Waals surface area contributed by atoms with Crippen molar-refractivity contribution in [2.45, 2.75) is 37.9 Å². The van der Waals surface area contributed by atoms with E-state index in [0.717, 1.165) is 5.75 Å². The Morgan fingerprint density at radius 1 is 1.59 bits per heavy atom. The lowest BCUT2D eigenvalue weighted by Crippen LogP contribution is -2.65. The van der Waals surface area contributed by atoms with Gasteiger partial charge >= 0.3 is 0 Å². The molecule has 0 spiro atoms. The number of thioether (sulfide) groups is 1. The Morgan fingerprint density at radius 2 is 2.29 bits per heavy atom. The van der Waals surface area contributed by atoms with E-state index in [-0.39, 0.29) is 16.9 Å². The first-order valence-corrected chi connectivity index (χ1v) is 6.39. The van der Waals surface area contributed by atoms with Crippen molar-refractivity contribution < 1.29 is 14.3 Å². The number of carbonyl (C=O) groups excluding carboxylic acids is 2. The van der Waals surface area contributed by atoms with Crippen LogP contribution in [-0.2, 0) is 14.3 Å². The summed E-state index contributed by atoms with van der Waals surface area (Å²) in [5.74, 6) is 0.976. The minimum Gasteiger partial charge on any atom is -0.360 e. The Kier molecular flexibility index (Phi) is 3.12. The van der Waals surface area contributed by atoms with Crippen LogP contribution in [0.1, 0.15) is 20.8 Å². The van der Waals surface area contributed by atoms with Crippen LogP contribution < -0.4 is 0 Å². The molecule has 0 radical (unpaired) electrons. The molecule has 17 heavy (non-hydrogen) atoms. The van der Waals surface area contributed by atoms with E-state index >= 15 is 0 Å². The van der Waals surface area contributed by atoms with Crippen molar-refractivity contribution in [3.05, 3.63) is 11.9 Å². The maximum absolute atomic E-state index is 11.9. The highest BCUT2D eigenvalue weighted by atomic mass is 32.2. The zero-order valence-corrected chi connectivity index (χ0v) is 10.8. The molecule has 2 unspecified atom stereocenters. The standard InChI is InChI=1S/C11H14N2O3S/c1-11(2,3)16-8-9(15)13-7(12-6-14)4-5-17-10(8)13/h4,8,10H,5H2,1-3H3. The van der Waals surface area contributed by atoms with E-state index in [0.29, 0.717) is 5.82 Å². The summed E-state index contributed by atoms with van der Waals surface area (Å²) in [4.78, 5) is 27.2. The second-order valence-electron chi connectivity index (χ2n) is 4.85. The lowest BCUT2D eigenvalue weighted by Gasteiger charge is -2.49. The van der Waals surface area contributed by atoms with Gasteiger partial charge in [-0.25, -0.2) is 4.79 Å². The zero-order valence-electron chi connectivity index (χ0n) is 9.97. The number of nitrogens with zero attached hydrogens (tertiary/aromatic N) is 2. The molecule has 2 aliphatic heterocycles. The lowest BCUT2D eigenvalue weighted by atomic mass is 10.1. The number of fused-ring (bicyclic) bond motifs is 1. The predicted octanol–water partition coefficient (Wildman–Crippen LogP) is 1.26. The third-order valence-electron chi connectivity index (χ3n) is 2.41. The SMILES string of the molecule is CC(C)(C)OC1C(=O)N2C(N=C=O)=CCSC12. The molecule has 2 heterocycles. The molecule has 92 valence electrons. The second kappa shape index (κ2) is 4.29. The summed E-state index contributed by atoms with van der Waals surface area (Å²) < 4.78 is 5.70. The minimum absolute atomic E-state index is 0.0705. The molecule has 1 fully saturated rings. The monoisotopic (exact) mass is 254 g/mol. The number of hydrogen-bond acceptors (Lipinski definition) is 5. The molecule has 1 amide bonds. The maximum atomic E-state index is 11.9. The molecule has 0 aromatic heterocycles. The van der Waals surface area contributed by atoms with Crippen LogP contribution in [0.5, 0.6) is 0 Å². The first-order chi connectivity index (χ1) is 7.94. The molecule has 6 heteroatoms. The van der Waals surface area contributed by atoms with Gasteiger partial charge in [-0.15, -0.1) is 16.8 Å². The van der Waals surface area contributed by atoms with Crippen LogP contribution in [0.4, 0.5) is 0 Å². The number of amides is 1. The largest absolute Gasteiger partial charge is 0.360 e. The van der Waals surface area contributed by atoms with E-state index in [1.807, 2.05) is 20.8 Å². The van der Waals surface area contributed by atoms with Crippen LogP contribution in [0.15, 0.2) is 16.9 Å². The quantitative estimate of drug-likeness (QED) is 0.423. The van der Waals surface area contributed by atoms with Crippen LogP contribution >= 0.6 is 11.8 Å². The Balaban J connectivity index is 2.13. The fraction of sp³-hybridized carbons (Fsp3) is 0.636. The molecular weight excluding hydrogens is 240 g/mol. The van der Waals surface area contributed by atoms with E-state index in [1.54, 1.807) is 17.8 Å². The number of isocyanates is 1. The van der Waals surface area contributed by atoms with Crippen molar-refractivity contribution >= 4 is 23.7 Å². The summed E-state index contributed by atoms with van der Waals surface area (Å²) in [6, 6.07) is 0. The summed E-state index contributed by atoms with van der Waals surface area (Å²) in [6.45, 7) is 5.74. The minimum atomic E-state index is -0.439. The highest BCUT2D eigenvalue weighted by Crippen LogP contribution is 2.40. The smallest absolute Gasteiger partial charge is 0.261 e. The molecule has 2 aliphatic rings. The van der Waals surface area contributed by atoms with Crippen molar-refractivity contribution in [3.8, 4) is 0 Å². The summed E-state index contributed by atoms with van der Waals surface area (Å²) in [5.41, 5.74) is -0.359. The van der Waals surface area contributed by atoms with E-state index in [9.17, 15) is 9.59 Å². The highest BCUT2D eigenvalue weighted by molar-refractivity contribution is 8.00. The number of aliphatic imine (C=N–C) groups is 1. The molecular formula is C11H14N2O3S. The summed E-state index contributed by atoms with van der Waals surface area (Å²) in [6.07, 6.45) is 2.78. The number of β-lactam (4-membered cyclic amide) rings is 1. The van der Waals surface area contributed by atoms with Gasteiger partial charge in [-0.05, 0) is 26.8 Å². The molecule has 2 atom stereocenters. The van der Waals surface area contributed by atoms with E-state index in [4.69, 9.17) is 4.74 Å². The summed E-state index contributed by atoms with van der Waals surface area (Å²) >= 11 is 1.61. The molecule has 0 aromatic carbocycles. The first-order valence-electron chi connectivity index (χ1n) is 5.34. The van der Waals surface area contributed by atoms with Crippen molar-refractivity contribution in [2.24, 2.45) is 4.99 Å². The number of carbonyl (C=O) groups is 1. The van der Waals surface area contributed by atoms with Crippen LogP contribution in [0.2, 0.25) is 0 Å².